The zero-order chi connectivity index (χ0) is 20.7. The van der Waals surface area contributed by atoms with Crippen LogP contribution in [0.2, 0.25) is 0 Å². The minimum Gasteiger partial charge on any atom is -0.379 e. The van der Waals surface area contributed by atoms with Crippen LogP contribution in [0.15, 0.2) is 51.7 Å². The molecule has 9 heteroatoms. The maximum absolute atomic E-state index is 11.6. The van der Waals surface area contributed by atoms with Gasteiger partial charge in [-0.15, -0.1) is 11.3 Å². The van der Waals surface area contributed by atoms with Crippen LogP contribution in [-0.4, -0.2) is 65.4 Å². The number of morpholine rings is 1. The first-order chi connectivity index (χ1) is 14.0. The van der Waals surface area contributed by atoms with E-state index in [9.17, 15) is 8.42 Å². The summed E-state index contributed by atoms with van der Waals surface area (Å²) >= 11 is 1.77. The summed E-state index contributed by atoms with van der Waals surface area (Å²) in [7, 11) is -1.43. The molecule has 1 unspecified atom stereocenters. The highest BCUT2D eigenvalue weighted by atomic mass is 32.2. The molecule has 1 fully saturated rings. The molecule has 1 atom stereocenters. The predicted octanol–water partition coefficient (Wildman–Crippen LogP) is 1.89. The Labute approximate surface area is 176 Å². The van der Waals surface area contributed by atoms with Gasteiger partial charge in [-0.1, -0.05) is 18.2 Å². The maximum Gasteiger partial charge on any atom is 0.191 e. The van der Waals surface area contributed by atoms with E-state index in [-0.39, 0.29) is 6.04 Å². The van der Waals surface area contributed by atoms with Gasteiger partial charge in [-0.05, 0) is 29.1 Å². The number of guanidine groups is 1. The van der Waals surface area contributed by atoms with E-state index in [4.69, 9.17) is 4.74 Å². The van der Waals surface area contributed by atoms with Gasteiger partial charge in [0.25, 0.3) is 0 Å². The van der Waals surface area contributed by atoms with Crippen LogP contribution in [0.3, 0.4) is 0 Å². The van der Waals surface area contributed by atoms with Gasteiger partial charge in [0, 0.05) is 44.4 Å². The van der Waals surface area contributed by atoms with E-state index in [1.807, 2.05) is 12.1 Å². The van der Waals surface area contributed by atoms with E-state index in [0.29, 0.717) is 17.4 Å². The molecule has 7 nitrogen and oxygen atoms in total. The van der Waals surface area contributed by atoms with Crippen LogP contribution in [0.1, 0.15) is 16.5 Å². The number of nitrogens with zero attached hydrogens (tertiary/aromatic N) is 2. The molecule has 1 aromatic carbocycles. The van der Waals surface area contributed by atoms with Gasteiger partial charge in [0.2, 0.25) is 0 Å². The van der Waals surface area contributed by atoms with Crippen LogP contribution in [0, 0.1) is 0 Å². The second-order valence-electron chi connectivity index (χ2n) is 6.90. The van der Waals surface area contributed by atoms with E-state index in [2.05, 4.69) is 38.0 Å². The van der Waals surface area contributed by atoms with E-state index in [1.54, 1.807) is 30.5 Å². The van der Waals surface area contributed by atoms with Gasteiger partial charge in [0.15, 0.2) is 15.8 Å². The molecule has 158 valence electrons. The maximum atomic E-state index is 11.6. The first-order valence-electron chi connectivity index (χ1n) is 9.56. The average Bonchev–Trinajstić information content (AvgIpc) is 3.25. The molecular formula is C20H28N4O3S2. The fraction of sp³-hybridized carbons (Fsp3) is 0.450. The number of sulfone groups is 1. The third-order valence-corrected chi connectivity index (χ3v) is 6.96. The molecule has 3 rings (SSSR count). The van der Waals surface area contributed by atoms with Crippen molar-refractivity contribution < 1.29 is 13.2 Å². The Bertz CT molecular complexity index is 890. The Morgan fingerprint density at radius 2 is 1.93 bits per heavy atom. The molecule has 29 heavy (non-hydrogen) atoms. The van der Waals surface area contributed by atoms with E-state index >= 15 is 0 Å². The van der Waals surface area contributed by atoms with Crippen LogP contribution < -0.4 is 10.6 Å². The molecule has 1 aliphatic heterocycles. The van der Waals surface area contributed by atoms with Crippen molar-refractivity contribution in [3.05, 3.63) is 52.2 Å². The molecule has 2 heterocycles. The number of hydrogen-bond donors (Lipinski definition) is 2. The first-order valence-corrected chi connectivity index (χ1v) is 12.3. The molecule has 0 bridgehead atoms. The summed E-state index contributed by atoms with van der Waals surface area (Å²) in [5.74, 6) is 0.715. The molecule has 0 aliphatic carbocycles. The number of hydrogen-bond acceptors (Lipinski definition) is 6. The minimum absolute atomic E-state index is 0.270. The normalized spacial score (nSPS) is 17.1. The van der Waals surface area contributed by atoms with Crippen molar-refractivity contribution in [3.8, 4) is 0 Å². The zero-order valence-corrected chi connectivity index (χ0v) is 18.4. The van der Waals surface area contributed by atoms with Gasteiger partial charge in [-0.3, -0.25) is 9.89 Å². The number of nitrogens with one attached hydrogen (secondary N) is 2. The predicted molar refractivity (Wildman–Crippen MR) is 117 cm³/mol. The lowest BCUT2D eigenvalue weighted by atomic mass is 10.2. The summed E-state index contributed by atoms with van der Waals surface area (Å²) in [4.78, 5) is 8.41. The zero-order valence-electron chi connectivity index (χ0n) is 16.8. The summed E-state index contributed by atoms with van der Waals surface area (Å²) in [5, 5.41) is 8.83. The van der Waals surface area contributed by atoms with Gasteiger partial charge in [0.05, 0.1) is 24.2 Å². The van der Waals surface area contributed by atoms with Crippen molar-refractivity contribution in [1.82, 2.24) is 15.5 Å². The SMILES string of the molecule is CN=C(NCc1ccc(S(C)(=O)=O)cc1)NCC(c1cccs1)N1CCOCC1. The third kappa shape index (κ3) is 6.27. The molecule has 1 aromatic heterocycles. The molecule has 2 aromatic rings. The van der Waals surface area contributed by atoms with Gasteiger partial charge < -0.3 is 15.4 Å². The average molecular weight is 437 g/mol. The molecule has 2 N–H and O–H groups in total. The molecule has 0 radical (unpaired) electrons. The number of aliphatic imine (C=N–C) groups is 1. The summed E-state index contributed by atoms with van der Waals surface area (Å²) in [5.41, 5.74) is 0.989. The van der Waals surface area contributed by atoms with E-state index in [0.717, 1.165) is 38.4 Å². The Balaban J connectivity index is 1.57. The summed E-state index contributed by atoms with van der Waals surface area (Å²) in [6.45, 7) is 4.67. The molecule has 0 amide bonds. The van der Waals surface area contributed by atoms with Crippen molar-refractivity contribution in [2.75, 3.05) is 46.2 Å². The lowest BCUT2D eigenvalue weighted by molar-refractivity contribution is 0.0177. The number of ether oxygens (including phenoxy) is 1. The topological polar surface area (TPSA) is 83.0 Å². The third-order valence-electron chi connectivity index (χ3n) is 4.86. The summed E-state index contributed by atoms with van der Waals surface area (Å²) in [6.07, 6.45) is 1.21. The molecule has 0 saturated carbocycles. The Morgan fingerprint density at radius 1 is 1.21 bits per heavy atom. The van der Waals surface area contributed by atoms with Crippen LogP contribution in [0.4, 0.5) is 0 Å². The Morgan fingerprint density at radius 3 is 2.52 bits per heavy atom. The van der Waals surface area contributed by atoms with Gasteiger partial charge >= 0.3 is 0 Å². The Kier molecular flexibility index (Phi) is 7.65. The minimum atomic E-state index is -3.18. The van der Waals surface area contributed by atoms with Crippen LogP contribution in [0.25, 0.3) is 0 Å². The van der Waals surface area contributed by atoms with Gasteiger partial charge in [-0.2, -0.15) is 0 Å². The van der Waals surface area contributed by atoms with Crippen LogP contribution in [-0.2, 0) is 21.1 Å². The lowest BCUT2D eigenvalue weighted by Crippen LogP contribution is -2.46. The van der Waals surface area contributed by atoms with Crippen molar-refractivity contribution >= 4 is 27.1 Å². The standard InChI is InChI=1S/C20H28N4O3S2/c1-21-20(22-14-16-5-7-17(8-6-16)29(2,25)26)23-15-18(19-4-3-13-28-19)24-9-11-27-12-10-24/h3-8,13,18H,9-12,14-15H2,1-2H3,(H2,21,22,23). The highest BCUT2D eigenvalue weighted by molar-refractivity contribution is 7.90. The van der Waals surface area contributed by atoms with Crippen molar-refractivity contribution in [2.45, 2.75) is 17.5 Å². The highest BCUT2D eigenvalue weighted by Crippen LogP contribution is 2.25. The summed E-state index contributed by atoms with van der Waals surface area (Å²) < 4.78 is 28.7. The monoisotopic (exact) mass is 436 g/mol. The fourth-order valence-electron chi connectivity index (χ4n) is 3.23. The second-order valence-corrected chi connectivity index (χ2v) is 9.90. The molecule has 1 aliphatic rings. The quantitative estimate of drug-likeness (QED) is 0.510. The second kappa shape index (κ2) is 10.2. The van der Waals surface area contributed by atoms with Crippen molar-refractivity contribution in [3.63, 3.8) is 0 Å². The van der Waals surface area contributed by atoms with Gasteiger partial charge in [-0.25, -0.2) is 8.42 Å². The number of thiophene rings is 1. The van der Waals surface area contributed by atoms with Crippen LogP contribution in [0.5, 0.6) is 0 Å². The van der Waals surface area contributed by atoms with Gasteiger partial charge in [0.1, 0.15) is 0 Å². The number of benzene rings is 1. The van der Waals surface area contributed by atoms with E-state index < -0.39 is 9.84 Å². The molecule has 1 saturated heterocycles. The molecule has 0 spiro atoms. The lowest BCUT2D eigenvalue weighted by Gasteiger charge is -2.34. The number of rotatable bonds is 7. The fourth-order valence-corrected chi connectivity index (χ4v) is 4.73. The Hall–Kier alpha value is -1.94. The highest BCUT2D eigenvalue weighted by Gasteiger charge is 2.23. The largest absolute Gasteiger partial charge is 0.379 e. The van der Waals surface area contributed by atoms with Crippen LogP contribution >= 0.6 is 11.3 Å². The first kappa shape index (κ1) is 21.8. The van der Waals surface area contributed by atoms with E-state index in [1.165, 1.54) is 11.1 Å². The molecular weight excluding hydrogens is 408 g/mol. The van der Waals surface area contributed by atoms with Crippen molar-refractivity contribution in [1.29, 1.82) is 0 Å². The van der Waals surface area contributed by atoms with Crippen molar-refractivity contribution in [2.24, 2.45) is 4.99 Å². The smallest absolute Gasteiger partial charge is 0.191 e. The summed E-state index contributed by atoms with van der Waals surface area (Å²) in [6, 6.07) is 11.4.